The molecule has 0 radical (unpaired) electrons. The van der Waals surface area contributed by atoms with E-state index in [0.29, 0.717) is 16.5 Å². The van der Waals surface area contributed by atoms with Crippen molar-refractivity contribution in [2.45, 2.75) is 13.5 Å². The topological polar surface area (TPSA) is 74.4 Å². The lowest BCUT2D eigenvalue weighted by Crippen LogP contribution is -2.25. The zero-order chi connectivity index (χ0) is 15.4. The van der Waals surface area contributed by atoms with E-state index in [1.807, 2.05) is 0 Å². The molecule has 0 spiro atoms. The SMILES string of the molecule is Cc1c([N+](=O)[O-])ccc(=O)n1CCOc1ccc(Cl)cc1. The fourth-order valence-electron chi connectivity index (χ4n) is 1.92. The fourth-order valence-corrected chi connectivity index (χ4v) is 2.05. The number of hydrogen-bond donors (Lipinski definition) is 0. The van der Waals surface area contributed by atoms with Gasteiger partial charge in [0.05, 0.1) is 17.2 Å². The summed E-state index contributed by atoms with van der Waals surface area (Å²) in [6, 6.07) is 9.22. The molecule has 0 aliphatic carbocycles. The minimum Gasteiger partial charge on any atom is -0.492 e. The van der Waals surface area contributed by atoms with Gasteiger partial charge in [0.1, 0.15) is 12.4 Å². The van der Waals surface area contributed by atoms with Crippen LogP contribution in [0.5, 0.6) is 5.75 Å². The molecular formula is C14H13ClN2O4. The van der Waals surface area contributed by atoms with Gasteiger partial charge in [0.25, 0.3) is 11.2 Å². The maximum atomic E-state index is 11.8. The minimum atomic E-state index is -0.509. The van der Waals surface area contributed by atoms with Crippen molar-refractivity contribution in [1.29, 1.82) is 0 Å². The second kappa shape index (κ2) is 6.41. The normalized spacial score (nSPS) is 10.4. The number of nitrogens with zero attached hydrogens (tertiary/aromatic N) is 2. The van der Waals surface area contributed by atoms with E-state index in [9.17, 15) is 14.9 Å². The van der Waals surface area contributed by atoms with Gasteiger partial charge in [0, 0.05) is 17.2 Å². The molecule has 2 rings (SSSR count). The lowest BCUT2D eigenvalue weighted by Gasteiger charge is -2.11. The molecule has 1 aromatic heterocycles. The Bertz CT molecular complexity index is 710. The van der Waals surface area contributed by atoms with Crippen LogP contribution in [0, 0.1) is 17.0 Å². The summed E-state index contributed by atoms with van der Waals surface area (Å²) in [5.74, 6) is 0.621. The van der Waals surface area contributed by atoms with E-state index in [2.05, 4.69) is 0 Å². The van der Waals surface area contributed by atoms with Crippen LogP contribution in [0.3, 0.4) is 0 Å². The number of nitro groups is 1. The largest absolute Gasteiger partial charge is 0.492 e. The van der Waals surface area contributed by atoms with E-state index in [1.165, 1.54) is 16.7 Å². The van der Waals surface area contributed by atoms with Gasteiger partial charge in [-0.1, -0.05) is 11.6 Å². The number of ether oxygens (including phenoxy) is 1. The van der Waals surface area contributed by atoms with Crippen molar-refractivity contribution in [1.82, 2.24) is 4.57 Å². The summed E-state index contributed by atoms with van der Waals surface area (Å²) in [5, 5.41) is 11.5. The first-order valence-corrected chi connectivity index (χ1v) is 6.60. The average Bonchev–Trinajstić information content (AvgIpc) is 2.44. The molecule has 0 bridgehead atoms. The van der Waals surface area contributed by atoms with Crippen LogP contribution < -0.4 is 10.3 Å². The van der Waals surface area contributed by atoms with Gasteiger partial charge in [-0.25, -0.2) is 0 Å². The van der Waals surface area contributed by atoms with Gasteiger partial charge in [-0.2, -0.15) is 0 Å². The molecule has 6 nitrogen and oxygen atoms in total. The highest BCUT2D eigenvalue weighted by atomic mass is 35.5. The van der Waals surface area contributed by atoms with Gasteiger partial charge in [-0.05, 0) is 31.2 Å². The Hall–Kier alpha value is -2.34. The van der Waals surface area contributed by atoms with Crippen molar-refractivity contribution in [2.24, 2.45) is 0 Å². The van der Waals surface area contributed by atoms with Crippen LogP contribution in [0.1, 0.15) is 5.69 Å². The Morgan fingerprint density at radius 3 is 2.52 bits per heavy atom. The molecule has 1 aromatic carbocycles. The summed E-state index contributed by atoms with van der Waals surface area (Å²) < 4.78 is 6.81. The summed E-state index contributed by atoms with van der Waals surface area (Å²) in [6.07, 6.45) is 0. The Kier molecular flexibility index (Phi) is 4.59. The van der Waals surface area contributed by atoms with Crippen molar-refractivity contribution in [3.8, 4) is 5.75 Å². The van der Waals surface area contributed by atoms with Crippen LogP contribution in [0.4, 0.5) is 5.69 Å². The molecule has 1 heterocycles. The first-order valence-electron chi connectivity index (χ1n) is 6.22. The van der Waals surface area contributed by atoms with E-state index in [-0.39, 0.29) is 24.4 Å². The first-order chi connectivity index (χ1) is 9.99. The molecule has 0 unspecified atom stereocenters. The molecule has 0 saturated carbocycles. The monoisotopic (exact) mass is 308 g/mol. The molecule has 0 fully saturated rings. The van der Waals surface area contributed by atoms with Crippen molar-refractivity contribution in [2.75, 3.05) is 6.61 Å². The van der Waals surface area contributed by atoms with Gasteiger partial charge in [-0.3, -0.25) is 14.9 Å². The third-order valence-electron chi connectivity index (χ3n) is 3.02. The van der Waals surface area contributed by atoms with Crippen LogP contribution in [-0.4, -0.2) is 16.1 Å². The Morgan fingerprint density at radius 1 is 1.24 bits per heavy atom. The van der Waals surface area contributed by atoms with Crippen molar-refractivity contribution in [3.05, 3.63) is 67.6 Å². The van der Waals surface area contributed by atoms with Gasteiger partial charge >= 0.3 is 0 Å². The molecule has 0 atom stereocenters. The molecule has 0 aliphatic heterocycles. The summed E-state index contributed by atoms with van der Waals surface area (Å²) >= 11 is 5.77. The second-order valence-corrected chi connectivity index (χ2v) is 4.79. The highest BCUT2D eigenvalue weighted by molar-refractivity contribution is 6.30. The third kappa shape index (κ3) is 3.61. The van der Waals surface area contributed by atoms with Crippen LogP contribution in [0.2, 0.25) is 5.02 Å². The van der Waals surface area contributed by atoms with Crippen LogP contribution in [-0.2, 0) is 6.54 Å². The zero-order valence-corrected chi connectivity index (χ0v) is 12.0. The smallest absolute Gasteiger partial charge is 0.288 e. The van der Waals surface area contributed by atoms with E-state index in [1.54, 1.807) is 31.2 Å². The molecule has 0 aliphatic rings. The van der Waals surface area contributed by atoms with E-state index >= 15 is 0 Å². The van der Waals surface area contributed by atoms with Gasteiger partial charge in [0.15, 0.2) is 0 Å². The van der Waals surface area contributed by atoms with Gasteiger partial charge in [-0.15, -0.1) is 0 Å². The quantitative estimate of drug-likeness (QED) is 0.629. The third-order valence-corrected chi connectivity index (χ3v) is 3.27. The molecule has 21 heavy (non-hydrogen) atoms. The molecule has 7 heteroatoms. The predicted molar refractivity (Wildman–Crippen MR) is 79.0 cm³/mol. The van der Waals surface area contributed by atoms with E-state index in [0.717, 1.165) is 0 Å². The molecular weight excluding hydrogens is 296 g/mol. The highest BCUT2D eigenvalue weighted by Crippen LogP contribution is 2.16. The van der Waals surface area contributed by atoms with E-state index < -0.39 is 4.92 Å². The van der Waals surface area contributed by atoms with E-state index in [4.69, 9.17) is 16.3 Å². The molecule has 0 N–H and O–H groups in total. The second-order valence-electron chi connectivity index (χ2n) is 4.35. The number of hydrogen-bond acceptors (Lipinski definition) is 4. The molecule has 110 valence electrons. The fraction of sp³-hybridized carbons (Fsp3) is 0.214. The maximum absolute atomic E-state index is 11.8. The number of rotatable bonds is 5. The summed E-state index contributed by atoms with van der Waals surface area (Å²) in [4.78, 5) is 22.1. The summed E-state index contributed by atoms with van der Waals surface area (Å²) in [5.41, 5.74) is -0.0638. The predicted octanol–water partition coefficient (Wildman–Crippen LogP) is 2.80. The first kappa shape index (κ1) is 15.1. The lowest BCUT2D eigenvalue weighted by atomic mass is 10.3. The van der Waals surface area contributed by atoms with Crippen molar-refractivity contribution < 1.29 is 9.66 Å². The number of benzene rings is 1. The Morgan fingerprint density at radius 2 is 1.90 bits per heavy atom. The lowest BCUT2D eigenvalue weighted by molar-refractivity contribution is -0.386. The number of pyridine rings is 1. The molecule has 0 saturated heterocycles. The van der Waals surface area contributed by atoms with Crippen LogP contribution >= 0.6 is 11.6 Å². The maximum Gasteiger partial charge on any atom is 0.288 e. The van der Waals surface area contributed by atoms with Gasteiger partial charge in [0.2, 0.25) is 0 Å². The molecule has 0 amide bonds. The Balaban J connectivity index is 2.09. The number of halogens is 1. The summed E-state index contributed by atoms with van der Waals surface area (Å²) in [7, 11) is 0. The van der Waals surface area contributed by atoms with Crippen LogP contribution in [0.15, 0.2) is 41.2 Å². The Labute approximate surface area is 125 Å². The average molecular weight is 309 g/mol. The molecule has 2 aromatic rings. The number of aromatic nitrogens is 1. The van der Waals surface area contributed by atoms with Crippen LogP contribution in [0.25, 0.3) is 0 Å². The standard InChI is InChI=1S/C14H13ClN2O4/c1-10-13(17(19)20)6-7-14(18)16(10)8-9-21-12-4-2-11(15)3-5-12/h2-7H,8-9H2,1H3. The minimum absolute atomic E-state index is 0.0823. The summed E-state index contributed by atoms with van der Waals surface area (Å²) in [6.45, 7) is 2.00. The highest BCUT2D eigenvalue weighted by Gasteiger charge is 2.14. The van der Waals surface area contributed by atoms with Gasteiger partial charge < -0.3 is 9.30 Å². The van der Waals surface area contributed by atoms with Crippen molar-refractivity contribution >= 4 is 17.3 Å². The van der Waals surface area contributed by atoms with Crippen molar-refractivity contribution in [3.63, 3.8) is 0 Å². The zero-order valence-electron chi connectivity index (χ0n) is 11.3.